The smallest absolute Gasteiger partial charge is 0.0681 e. The molecule has 0 N–H and O–H groups in total. The van der Waals surface area contributed by atoms with E-state index in [2.05, 4.69) is 58.0 Å². The molecule has 0 amide bonds. The Hall–Kier alpha value is -1.72. The second-order valence-corrected chi connectivity index (χ2v) is 8.32. The zero-order valence-corrected chi connectivity index (χ0v) is 23.8. The predicted molar refractivity (Wildman–Crippen MR) is 151 cm³/mol. The highest BCUT2D eigenvalue weighted by molar-refractivity contribution is 5.81. The zero-order chi connectivity index (χ0) is 26.4. The van der Waals surface area contributed by atoms with Crippen molar-refractivity contribution in [3.63, 3.8) is 0 Å². The zero-order valence-electron chi connectivity index (χ0n) is 23.8. The topological polar surface area (TPSA) is 36.9 Å². The van der Waals surface area contributed by atoms with Crippen LogP contribution in [0.5, 0.6) is 0 Å². The highest BCUT2D eigenvalue weighted by Crippen LogP contribution is 2.49. The molecule has 0 atom stereocenters. The molecular formula is C31H52O4. The van der Waals surface area contributed by atoms with Crippen LogP contribution in [0.3, 0.4) is 0 Å². The largest absolute Gasteiger partial charge is 0.385 e. The first kappa shape index (κ1) is 33.3. The second kappa shape index (κ2) is 21.6. The molecular weight excluding hydrogens is 436 g/mol. The summed E-state index contributed by atoms with van der Waals surface area (Å²) in [6.45, 7) is 10.8. The average Bonchev–Trinajstić information content (AvgIpc) is 3.22. The van der Waals surface area contributed by atoms with Gasteiger partial charge in [-0.25, -0.2) is 0 Å². The van der Waals surface area contributed by atoms with E-state index >= 15 is 0 Å². The maximum absolute atomic E-state index is 5.52. The van der Waals surface area contributed by atoms with Gasteiger partial charge in [-0.05, 0) is 36.1 Å². The van der Waals surface area contributed by atoms with Gasteiger partial charge in [0.15, 0.2) is 0 Å². The van der Waals surface area contributed by atoms with Gasteiger partial charge in [0.1, 0.15) is 0 Å². The summed E-state index contributed by atoms with van der Waals surface area (Å²) >= 11 is 0. The number of fused-ring (bicyclic) bond motifs is 3. The Balaban J connectivity index is 0.000000593. The molecule has 0 aliphatic heterocycles. The number of hydrogen-bond acceptors (Lipinski definition) is 4. The SMILES string of the molecule is C1CCCCC1.CC.CCOC.CCOC.COCC1(COC)c2ccccc2-c2ccccc21. The van der Waals surface area contributed by atoms with Crippen LogP contribution in [0.1, 0.15) is 77.3 Å². The van der Waals surface area contributed by atoms with E-state index < -0.39 is 0 Å². The minimum absolute atomic E-state index is 0.184. The molecule has 0 unspecified atom stereocenters. The van der Waals surface area contributed by atoms with Crippen LogP contribution in [-0.2, 0) is 24.4 Å². The van der Waals surface area contributed by atoms with Gasteiger partial charge < -0.3 is 18.9 Å². The Labute approximate surface area is 216 Å². The molecule has 4 heteroatoms. The molecule has 4 nitrogen and oxygen atoms in total. The molecule has 0 aromatic heterocycles. The van der Waals surface area contributed by atoms with Gasteiger partial charge in [-0.15, -0.1) is 0 Å². The van der Waals surface area contributed by atoms with Gasteiger partial charge >= 0.3 is 0 Å². The summed E-state index contributed by atoms with van der Waals surface area (Å²) in [5.74, 6) is 0. The van der Waals surface area contributed by atoms with E-state index in [-0.39, 0.29) is 5.41 Å². The van der Waals surface area contributed by atoms with Gasteiger partial charge in [0.05, 0.1) is 18.6 Å². The average molecular weight is 489 g/mol. The quantitative estimate of drug-likeness (QED) is 0.414. The Morgan fingerprint density at radius 3 is 1.09 bits per heavy atom. The lowest BCUT2D eigenvalue weighted by Crippen LogP contribution is -2.35. The van der Waals surface area contributed by atoms with Crippen LogP contribution in [0.25, 0.3) is 11.1 Å². The number of benzene rings is 2. The van der Waals surface area contributed by atoms with Gasteiger partial charge in [0, 0.05) is 41.7 Å². The maximum Gasteiger partial charge on any atom is 0.0681 e. The van der Waals surface area contributed by atoms with Crippen molar-refractivity contribution >= 4 is 0 Å². The lowest BCUT2D eigenvalue weighted by Gasteiger charge is -2.30. The summed E-state index contributed by atoms with van der Waals surface area (Å²) in [4.78, 5) is 0. The summed E-state index contributed by atoms with van der Waals surface area (Å²) in [7, 11) is 6.86. The van der Waals surface area contributed by atoms with Crippen molar-refractivity contribution in [3.8, 4) is 11.1 Å². The minimum Gasteiger partial charge on any atom is -0.385 e. The molecule has 0 saturated heterocycles. The standard InChI is InChI=1S/C17H18O2.C6H12.2C3H8O.C2H6/c1-18-11-17(12-19-2)15-9-5-3-7-13(15)14-8-4-6-10-16(14)17;1-2-4-6-5-3-1;2*1-3-4-2;1-2/h3-10H,11-12H2,1-2H3;1-6H2;2*3H2,1-2H3;1-2H3. The van der Waals surface area contributed by atoms with E-state index in [0.29, 0.717) is 13.2 Å². The maximum atomic E-state index is 5.52. The lowest BCUT2D eigenvalue weighted by atomic mass is 9.79. The van der Waals surface area contributed by atoms with E-state index in [1.165, 1.54) is 60.8 Å². The van der Waals surface area contributed by atoms with Crippen LogP contribution >= 0.6 is 0 Å². The molecule has 2 aliphatic rings. The van der Waals surface area contributed by atoms with E-state index in [0.717, 1.165) is 13.2 Å². The Morgan fingerprint density at radius 1 is 0.543 bits per heavy atom. The lowest BCUT2D eigenvalue weighted by molar-refractivity contribution is 0.0814. The Morgan fingerprint density at radius 2 is 0.829 bits per heavy atom. The molecule has 1 saturated carbocycles. The van der Waals surface area contributed by atoms with Crippen LogP contribution in [0.15, 0.2) is 48.5 Å². The van der Waals surface area contributed by atoms with E-state index in [4.69, 9.17) is 9.47 Å². The first-order valence-corrected chi connectivity index (χ1v) is 13.3. The van der Waals surface area contributed by atoms with Crippen LogP contribution in [-0.4, -0.2) is 54.9 Å². The van der Waals surface area contributed by atoms with Crippen molar-refractivity contribution in [1.29, 1.82) is 0 Å². The summed E-state index contributed by atoms with van der Waals surface area (Å²) in [5.41, 5.74) is 5.02. The van der Waals surface area contributed by atoms with E-state index in [1.54, 1.807) is 28.4 Å². The third kappa shape index (κ3) is 10.8. The fraction of sp³-hybridized carbons (Fsp3) is 0.613. The van der Waals surface area contributed by atoms with Crippen molar-refractivity contribution in [2.24, 2.45) is 0 Å². The normalized spacial score (nSPS) is 14.2. The fourth-order valence-corrected chi connectivity index (χ4v) is 4.32. The van der Waals surface area contributed by atoms with Gasteiger partial charge in [-0.1, -0.05) is 101 Å². The molecule has 2 aromatic rings. The monoisotopic (exact) mass is 488 g/mol. The van der Waals surface area contributed by atoms with E-state index in [1.807, 2.05) is 27.7 Å². The summed E-state index contributed by atoms with van der Waals surface area (Å²) in [6.07, 6.45) is 9.00. The number of ether oxygens (including phenoxy) is 4. The Bertz CT molecular complexity index is 667. The molecule has 0 spiro atoms. The van der Waals surface area contributed by atoms with E-state index in [9.17, 15) is 0 Å². The first-order valence-electron chi connectivity index (χ1n) is 13.3. The third-order valence-electron chi connectivity index (χ3n) is 6.03. The van der Waals surface area contributed by atoms with Crippen molar-refractivity contribution < 1.29 is 18.9 Å². The van der Waals surface area contributed by atoms with Crippen molar-refractivity contribution in [3.05, 3.63) is 59.7 Å². The van der Waals surface area contributed by atoms with Gasteiger partial charge in [0.2, 0.25) is 0 Å². The van der Waals surface area contributed by atoms with Crippen molar-refractivity contribution in [2.75, 3.05) is 54.9 Å². The number of rotatable bonds is 6. The van der Waals surface area contributed by atoms with Crippen LogP contribution in [0.2, 0.25) is 0 Å². The molecule has 1 fully saturated rings. The fourth-order valence-electron chi connectivity index (χ4n) is 4.32. The predicted octanol–water partition coefficient (Wildman–Crippen LogP) is 7.92. The molecule has 0 heterocycles. The Kier molecular flexibility index (Phi) is 20.5. The molecule has 0 radical (unpaired) electrons. The third-order valence-corrected chi connectivity index (χ3v) is 6.03. The van der Waals surface area contributed by atoms with Crippen LogP contribution in [0.4, 0.5) is 0 Å². The molecule has 35 heavy (non-hydrogen) atoms. The number of methoxy groups -OCH3 is 4. The summed E-state index contributed by atoms with van der Waals surface area (Å²) < 4.78 is 20.1. The van der Waals surface area contributed by atoms with Gasteiger partial charge in [-0.3, -0.25) is 0 Å². The second-order valence-electron chi connectivity index (χ2n) is 8.32. The molecule has 0 bridgehead atoms. The molecule has 2 aliphatic carbocycles. The van der Waals surface area contributed by atoms with Crippen molar-refractivity contribution in [2.45, 2.75) is 71.6 Å². The molecule has 4 rings (SSSR count). The minimum atomic E-state index is -0.184. The van der Waals surface area contributed by atoms with Crippen molar-refractivity contribution in [1.82, 2.24) is 0 Å². The summed E-state index contributed by atoms with van der Waals surface area (Å²) in [6, 6.07) is 17.1. The van der Waals surface area contributed by atoms with Crippen LogP contribution < -0.4 is 0 Å². The number of hydrogen-bond donors (Lipinski definition) is 0. The highest BCUT2D eigenvalue weighted by Gasteiger charge is 2.43. The van der Waals surface area contributed by atoms with Gasteiger partial charge in [-0.2, -0.15) is 0 Å². The first-order chi connectivity index (χ1) is 17.2. The van der Waals surface area contributed by atoms with Crippen LogP contribution in [0, 0.1) is 0 Å². The molecule has 200 valence electrons. The molecule has 2 aromatic carbocycles. The summed E-state index contributed by atoms with van der Waals surface area (Å²) in [5, 5.41) is 0. The van der Waals surface area contributed by atoms with Gasteiger partial charge in [0.25, 0.3) is 0 Å². The highest BCUT2D eigenvalue weighted by atomic mass is 16.5.